The third-order valence-corrected chi connectivity index (χ3v) is 4.90. The molecule has 3 nitrogen and oxygen atoms in total. The number of carbonyl (C=O) groups excluding carboxylic acids is 1. The van der Waals surface area contributed by atoms with Gasteiger partial charge in [0.15, 0.2) is 5.78 Å². The molecule has 130 valence electrons. The first kappa shape index (κ1) is 16.7. The monoisotopic (exact) mass is 367 g/mol. The number of aromatic nitrogens is 1. The molecule has 0 saturated heterocycles. The molecule has 0 spiro atoms. The summed E-state index contributed by atoms with van der Waals surface area (Å²) < 4.78 is 19.6. The lowest BCUT2D eigenvalue weighted by molar-refractivity contribution is 0.0982. The van der Waals surface area contributed by atoms with E-state index in [2.05, 4.69) is 4.98 Å². The number of hydrogen-bond donors (Lipinski definition) is 0. The number of benzene rings is 2. The highest BCUT2D eigenvalue weighted by molar-refractivity contribution is 6.31. The molecule has 0 fully saturated rings. The Balaban J connectivity index is 1.55. The minimum atomic E-state index is -0.385. The van der Waals surface area contributed by atoms with Gasteiger partial charge in [-0.15, -0.1) is 0 Å². The number of carbonyl (C=O) groups is 1. The summed E-state index contributed by atoms with van der Waals surface area (Å²) in [5.74, 6) is 0.221. The molecule has 2 heterocycles. The Morgan fingerprint density at radius 3 is 2.92 bits per heavy atom. The smallest absolute Gasteiger partial charge is 0.163 e. The fourth-order valence-electron chi connectivity index (χ4n) is 3.15. The Hall–Kier alpha value is -2.72. The van der Waals surface area contributed by atoms with Gasteiger partial charge in [-0.1, -0.05) is 23.7 Å². The van der Waals surface area contributed by atoms with Crippen molar-refractivity contribution in [3.05, 3.63) is 82.4 Å². The van der Waals surface area contributed by atoms with Gasteiger partial charge in [-0.2, -0.15) is 0 Å². The van der Waals surface area contributed by atoms with E-state index in [1.807, 2.05) is 12.1 Å². The quantitative estimate of drug-likeness (QED) is 0.591. The van der Waals surface area contributed by atoms with Crippen LogP contribution in [0.15, 0.2) is 54.9 Å². The molecule has 0 unspecified atom stereocenters. The van der Waals surface area contributed by atoms with Gasteiger partial charge in [0.2, 0.25) is 0 Å². The maximum Gasteiger partial charge on any atom is 0.163 e. The van der Waals surface area contributed by atoms with Crippen molar-refractivity contribution in [1.82, 2.24) is 4.98 Å². The summed E-state index contributed by atoms with van der Waals surface area (Å²) in [6, 6.07) is 11.9. The Bertz CT molecular complexity index is 983. The normalized spacial score (nSPS) is 12.1. The molecule has 0 saturated carbocycles. The lowest BCUT2D eigenvalue weighted by Crippen LogP contribution is -2.08. The van der Waals surface area contributed by atoms with E-state index in [4.69, 9.17) is 16.3 Å². The van der Waals surface area contributed by atoms with Crippen molar-refractivity contribution in [3.63, 3.8) is 0 Å². The number of hydrogen-bond acceptors (Lipinski definition) is 3. The Labute approximate surface area is 155 Å². The van der Waals surface area contributed by atoms with E-state index >= 15 is 0 Å². The van der Waals surface area contributed by atoms with Crippen LogP contribution in [0.5, 0.6) is 5.75 Å². The van der Waals surface area contributed by atoms with Crippen LogP contribution in [0.2, 0.25) is 5.02 Å². The van der Waals surface area contributed by atoms with Crippen LogP contribution in [0.3, 0.4) is 0 Å². The largest absolute Gasteiger partial charge is 0.488 e. The van der Waals surface area contributed by atoms with Gasteiger partial charge in [0.05, 0.1) is 0 Å². The number of rotatable bonds is 4. The lowest BCUT2D eigenvalue weighted by atomic mass is 9.95. The van der Waals surface area contributed by atoms with Gasteiger partial charge in [-0.05, 0) is 42.3 Å². The summed E-state index contributed by atoms with van der Waals surface area (Å²) in [6.07, 6.45) is 3.97. The van der Waals surface area contributed by atoms with Crippen molar-refractivity contribution < 1.29 is 13.9 Å². The summed E-state index contributed by atoms with van der Waals surface area (Å²) in [4.78, 5) is 16.6. The van der Waals surface area contributed by atoms with Crippen molar-refractivity contribution >= 4 is 17.4 Å². The van der Waals surface area contributed by atoms with Gasteiger partial charge in [0.1, 0.15) is 18.2 Å². The molecule has 2 aromatic carbocycles. The van der Waals surface area contributed by atoms with Crippen LogP contribution in [0.25, 0.3) is 11.1 Å². The first-order valence-electron chi connectivity index (χ1n) is 8.29. The second-order valence-corrected chi connectivity index (χ2v) is 6.56. The van der Waals surface area contributed by atoms with Crippen molar-refractivity contribution in [2.45, 2.75) is 19.4 Å². The highest BCUT2D eigenvalue weighted by Crippen LogP contribution is 2.37. The third-order valence-electron chi connectivity index (χ3n) is 4.54. The SMILES string of the molecule is O=C(CCc1c(F)cccc1Cl)c1ccc2c(c1)OCc1cnccc1-2. The fraction of sp³-hybridized carbons (Fsp3) is 0.143. The van der Waals surface area contributed by atoms with E-state index in [0.717, 1.165) is 16.7 Å². The van der Waals surface area contributed by atoms with Crippen LogP contribution in [-0.4, -0.2) is 10.8 Å². The summed E-state index contributed by atoms with van der Waals surface area (Å²) in [5.41, 5.74) is 3.96. The number of nitrogens with zero attached hydrogens (tertiary/aromatic N) is 1. The zero-order chi connectivity index (χ0) is 18.1. The predicted molar refractivity (Wildman–Crippen MR) is 98.1 cm³/mol. The Kier molecular flexibility index (Phi) is 4.43. The minimum Gasteiger partial charge on any atom is -0.488 e. The minimum absolute atomic E-state index is 0.0729. The summed E-state index contributed by atoms with van der Waals surface area (Å²) in [6.45, 7) is 0.429. The molecular weight excluding hydrogens is 353 g/mol. The highest BCUT2D eigenvalue weighted by atomic mass is 35.5. The van der Waals surface area contributed by atoms with Gasteiger partial charge in [0, 0.05) is 46.1 Å². The van der Waals surface area contributed by atoms with Crippen molar-refractivity contribution in [3.8, 4) is 16.9 Å². The summed E-state index contributed by atoms with van der Waals surface area (Å²) in [7, 11) is 0. The molecular formula is C21H15ClFNO2. The van der Waals surface area contributed by atoms with Gasteiger partial charge in [-0.3, -0.25) is 9.78 Å². The highest BCUT2D eigenvalue weighted by Gasteiger charge is 2.19. The number of fused-ring (bicyclic) bond motifs is 3. The van der Waals surface area contributed by atoms with E-state index in [1.54, 1.807) is 36.7 Å². The number of ether oxygens (including phenoxy) is 1. The third kappa shape index (κ3) is 3.08. The zero-order valence-electron chi connectivity index (χ0n) is 13.8. The molecule has 0 radical (unpaired) electrons. The number of pyridine rings is 1. The van der Waals surface area contributed by atoms with E-state index in [-0.39, 0.29) is 24.4 Å². The predicted octanol–water partition coefficient (Wildman–Crippen LogP) is 5.25. The molecule has 5 heteroatoms. The van der Waals surface area contributed by atoms with E-state index in [9.17, 15) is 9.18 Å². The van der Waals surface area contributed by atoms with E-state index in [0.29, 0.717) is 28.5 Å². The van der Waals surface area contributed by atoms with Crippen LogP contribution in [0, 0.1) is 5.82 Å². The molecule has 0 bridgehead atoms. The van der Waals surface area contributed by atoms with Crippen LogP contribution >= 0.6 is 11.6 Å². The van der Waals surface area contributed by atoms with Crippen LogP contribution in [0.1, 0.15) is 27.9 Å². The van der Waals surface area contributed by atoms with Gasteiger partial charge < -0.3 is 4.74 Å². The first-order chi connectivity index (χ1) is 12.6. The number of halogens is 2. The van der Waals surface area contributed by atoms with Gasteiger partial charge in [0.25, 0.3) is 0 Å². The Morgan fingerprint density at radius 1 is 1.19 bits per heavy atom. The second-order valence-electron chi connectivity index (χ2n) is 6.16. The van der Waals surface area contributed by atoms with Crippen molar-refractivity contribution in [2.24, 2.45) is 0 Å². The summed E-state index contributed by atoms with van der Waals surface area (Å²) in [5, 5.41) is 0.344. The molecule has 3 aromatic rings. The summed E-state index contributed by atoms with van der Waals surface area (Å²) >= 11 is 6.03. The average Bonchev–Trinajstić information content (AvgIpc) is 2.67. The van der Waals surface area contributed by atoms with Gasteiger partial charge >= 0.3 is 0 Å². The molecule has 1 aliphatic rings. The average molecular weight is 368 g/mol. The standard InChI is InChI=1S/C21H15ClFNO2/c22-18-2-1-3-19(23)17(18)6-7-20(25)13-4-5-16-15-8-9-24-11-14(15)12-26-21(16)10-13/h1-5,8-11H,6-7,12H2. The van der Waals surface area contributed by atoms with E-state index < -0.39 is 0 Å². The van der Waals surface area contributed by atoms with Gasteiger partial charge in [-0.25, -0.2) is 4.39 Å². The zero-order valence-corrected chi connectivity index (χ0v) is 14.6. The molecule has 0 amide bonds. The van der Waals surface area contributed by atoms with Crippen molar-refractivity contribution in [2.75, 3.05) is 0 Å². The topological polar surface area (TPSA) is 39.2 Å². The second kappa shape index (κ2) is 6.89. The maximum absolute atomic E-state index is 13.8. The number of ketones is 1. The van der Waals surface area contributed by atoms with Crippen molar-refractivity contribution in [1.29, 1.82) is 0 Å². The lowest BCUT2D eigenvalue weighted by Gasteiger charge is -2.20. The molecule has 1 aliphatic heterocycles. The molecule has 0 atom stereocenters. The number of Topliss-reactive ketones (excluding diaryl/α,β-unsaturated/α-hetero) is 1. The first-order valence-corrected chi connectivity index (χ1v) is 8.67. The van der Waals surface area contributed by atoms with Crippen LogP contribution in [0.4, 0.5) is 4.39 Å². The molecule has 4 rings (SSSR count). The molecule has 0 N–H and O–H groups in total. The maximum atomic E-state index is 13.8. The fourth-order valence-corrected chi connectivity index (χ4v) is 3.41. The van der Waals surface area contributed by atoms with Crippen LogP contribution < -0.4 is 4.74 Å². The van der Waals surface area contributed by atoms with E-state index in [1.165, 1.54) is 6.07 Å². The molecule has 26 heavy (non-hydrogen) atoms. The van der Waals surface area contributed by atoms with Crippen LogP contribution in [-0.2, 0) is 13.0 Å². The molecule has 1 aromatic heterocycles. The molecule has 0 aliphatic carbocycles. The Morgan fingerprint density at radius 2 is 2.08 bits per heavy atom.